The lowest BCUT2D eigenvalue weighted by molar-refractivity contribution is -0.124. The summed E-state index contributed by atoms with van der Waals surface area (Å²) >= 11 is 7.29. The number of hydrogen-bond donors (Lipinski definition) is 2. The van der Waals surface area contributed by atoms with Crippen molar-refractivity contribution < 1.29 is 14.0 Å². The van der Waals surface area contributed by atoms with Gasteiger partial charge in [-0.2, -0.15) is 0 Å². The predicted molar refractivity (Wildman–Crippen MR) is 114 cm³/mol. The van der Waals surface area contributed by atoms with E-state index in [1.807, 2.05) is 6.07 Å². The molecule has 2 amide bonds. The highest BCUT2D eigenvalue weighted by molar-refractivity contribution is 8.01. The van der Waals surface area contributed by atoms with E-state index in [9.17, 15) is 14.0 Å². The molecule has 1 aliphatic rings. The number of benzene rings is 2. The van der Waals surface area contributed by atoms with Crippen LogP contribution in [0.5, 0.6) is 0 Å². The summed E-state index contributed by atoms with van der Waals surface area (Å²) < 4.78 is 15.6. The van der Waals surface area contributed by atoms with Crippen molar-refractivity contribution in [1.29, 1.82) is 0 Å². The fraction of sp³-hybridized carbons (Fsp3) is 0.190. The zero-order chi connectivity index (χ0) is 21.3. The van der Waals surface area contributed by atoms with Crippen molar-refractivity contribution in [2.75, 3.05) is 5.32 Å². The Balaban J connectivity index is 1.53. The maximum Gasteiger partial charge on any atom is 0.238 e. The van der Waals surface area contributed by atoms with Crippen molar-refractivity contribution >= 4 is 40.9 Å². The highest BCUT2D eigenvalue weighted by Gasteiger charge is 2.30. The van der Waals surface area contributed by atoms with E-state index in [1.54, 1.807) is 48.3 Å². The van der Waals surface area contributed by atoms with Gasteiger partial charge in [0, 0.05) is 35.8 Å². The van der Waals surface area contributed by atoms with Crippen LogP contribution in [0.15, 0.2) is 59.8 Å². The molecular weight excluding hydrogens is 427 g/mol. The van der Waals surface area contributed by atoms with E-state index in [1.165, 1.54) is 23.9 Å². The third-order valence-corrected chi connectivity index (χ3v) is 6.25. The quantitative estimate of drug-likeness (QED) is 0.625. The van der Waals surface area contributed by atoms with E-state index in [-0.39, 0.29) is 18.2 Å². The first-order chi connectivity index (χ1) is 14.4. The maximum absolute atomic E-state index is 13.8. The Kier molecular flexibility index (Phi) is 5.78. The summed E-state index contributed by atoms with van der Waals surface area (Å²) in [6.07, 6.45) is 3.33. The second kappa shape index (κ2) is 8.49. The molecule has 0 radical (unpaired) electrons. The number of nitrogens with one attached hydrogen (secondary N) is 2. The topological polar surface area (TPSA) is 76.0 Å². The molecule has 0 saturated heterocycles. The van der Waals surface area contributed by atoms with Gasteiger partial charge in [0.05, 0.1) is 10.9 Å². The van der Waals surface area contributed by atoms with Crippen molar-refractivity contribution in [2.45, 2.75) is 22.6 Å². The molecule has 2 unspecified atom stereocenters. The second-order valence-corrected chi connectivity index (χ2v) is 8.57. The van der Waals surface area contributed by atoms with E-state index in [4.69, 9.17) is 11.6 Å². The number of anilines is 1. The minimum atomic E-state index is -0.643. The van der Waals surface area contributed by atoms with Crippen LogP contribution >= 0.6 is 23.4 Å². The van der Waals surface area contributed by atoms with E-state index < -0.39 is 17.1 Å². The summed E-state index contributed by atoms with van der Waals surface area (Å²) in [4.78, 5) is 30.5. The molecule has 2 N–H and O–H groups in total. The van der Waals surface area contributed by atoms with Crippen LogP contribution in [0.1, 0.15) is 23.9 Å². The molecule has 0 bridgehead atoms. The smallest absolute Gasteiger partial charge is 0.238 e. The number of fused-ring (bicyclic) bond motifs is 1. The zero-order valence-corrected chi connectivity index (χ0v) is 17.5. The van der Waals surface area contributed by atoms with E-state index in [2.05, 4.69) is 15.6 Å². The van der Waals surface area contributed by atoms with Crippen molar-refractivity contribution in [3.63, 3.8) is 0 Å². The summed E-state index contributed by atoms with van der Waals surface area (Å²) in [7, 11) is 1.80. The molecule has 0 fully saturated rings. The number of hydrogen-bond acceptors (Lipinski definition) is 4. The van der Waals surface area contributed by atoms with Crippen LogP contribution < -0.4 is 10.6 Å². The van der Waals surface area contributed by atoms with Crippen LogP contribution in [0, 0.1) is 5.82 Å². The van der Waals surface area contributed by atoms with Gasteiger partial charge >= 0.3 is 0 Å². The number of aromatic nitrogens is 2. The Morgan fingerprint density at radius 3 is 2.93 bits per heavy atom. The normalized spacial score (nSPS) is 16.5. The summed E-state index contributed by atoms with van der Waals surface area (Å²) in [5, 5.41) is 5.63. The number of halogens is 2. The fourth-order valence-corrected chi connectivity index (χ4v) is 4.55. The van der Waals surface area contributed by atoms with Gasteiger partial charge < -0.3 is 15.2 Å². The Morgan fingerprint density at radius 1 is 1.37 bits per heavy atom. The molecule has 6 nitrogen and oxygen atoms in total. The Morgan fingerprint density at radius 2 is 2.20 bits per heavy atom. The first-order valence-electron chi connectivity index (χ1n) is 9.20. The minimum Gasteiger partial charge on any atom is -0.342 e. The highest BCUT2D eigenvalue weighted by atomic mass is 35.5. The molecule has 0 spiro atoms. The van der Waals surface area contributed by atoms with Gasteiger partial charge in [0.1, 0.15) is 17.7 Å². The van der Waals surface area contributed by atoms with Crippen molar-refractivity contribution in [3.05, 3.63) is 77.1 Å². The monoisotopic (exact) mass is 444 g/mol. The van der Waals surface area contributed by atoms with Crippen LogP contribution in [0.2, 0.25) is 5.02 Å². The van der Waals surface area contributed by atoms with Gasteiger partial charge in [-0.3, -0.25) is 9.59 Å². The van der Waals surface area contributed by atoms with Gasteiger partial charge in [-0.1, -0.05) is 23.7 Å². The largest absolute Gasteiger partial charge is 0.342 e. The van der Waals surface area contributed by atoms with Gasteiger partial charge in [0.15, 0.2) is 0 Å². The molecule has 154 valence electrons. The number of amides is 2. The number of rotatable bonds is 5. The predicted octanol–water partition coefficient (Wildman–Crippen LogP) is 3.92. The zero-order valence-electron chi connectivity index (χ0n) is 15.9. The van der Waals surface area contributed by atoms with E-state index in [0.29, 0.717) is 22.1 Å². The van der Waals surface area contributed by atoms with Gasteiger partial charge in [-0.05, 0) is 35.9 Å². The second-order valence-electron chi connectivity index (χ2n) is 6.89. The van der Waals surface area contributed by atoms with E-state index >= 15 is 0 Å². The van der Waals surface area contributed by atoms with Gasteiger partial charge in [-0.15, -0.1) is 11.8 Å². The molecule has 0 aliphatic carbocycles. The van der Waals surface area contributed by atoms with Gasteiger partial charge in [0.25, 0.3) is 0 Å². The van der Waals surface area contributed by atoms with Crippen LogP contribution in [0.3, 0.4) is 0 Å². The molecule has 0 saturated carbocycles. The summed E-state index contributed by atoms with van der Waals surface area (Å²) in [5.41, 5.74) is 1.21. The lowest BCUT2D eigenvalue weighted by Crippen LogP contribution is -2.37. The average Bonchev–Trinajstić information content (AvgIpc) is 3.12. The summed E-state index contributed by atoms with van der Waals surface area (Å²) in [6.45, 7) is 0. The average molecular weight is 445 g/mol. The Hall–Kier alpha value is -2.84. The first kappa shape index (κ1) is 20.4. The molecule has 1 aromatic heterocycles. The van der Waals surface area contributed by atoms with Gasteiger partial charge in [-0.25, -0.2) is 9.37 Å². The van der Waals surface area contributed by atoms with Crippen molar-refractivity contribution in [3.8, 4) is 0 Å². The maximum atomic E-state index is 13.8. The molecule has 2 atom stereocenters. The molecule has 4 rings (SSSR count). The molecule has 9 heteroatoms. The number of imidazole rings is 1. The molecule has 30 heavy (non-hydrogen) atoms. The van der Waals surface area contributed by atoms with Crippen LogP contribution in [-0.4, -0.2) is 26.6 Å². The molecule has 2 heterocycles. The fourth-order valence-electron chi connectivity index (χ4n) is 3.28. The Bertz CT molecular complexity index is 1120. The van der Waals surface area contributed by atoms with Crippen LogP contribution in [-0.2, 0) is 16.6 Å². The molecule has 1 aliphatic heterocycles. The first-order valence-corrected chi connectivity index (χ1v) is 10.5. The third kappa shape index (κ3) is 4.34. The number of nitrogens with zero attached hydrogens (tertiary/aromatic N) is 2. The van der Waals surface area contributed by atoms with E-state index in [0.717, 1.165) is 4.90 Å². The third-order valence-electron chi connectivity index (χ3n) is 4.74. The SMILES string of the molecule is Cn1ccnc1C(NC(=O)CC1Sc2ccc(Cl)cc2NC1=O)c1cccc(F)c1. The van der Waals surface area contributed by atoms with Crippen LogP contribution in [0.4, 0.5) is 10.1 Å². The molecular formula is C21H18ClFN4O2S. The van der Waals surface area contributed by atoms with Gasteiger partial charge in [0.2, 0.25) is 11.8 Å². The van der Waals surface area contributed by atoms with Crippen molar-refractivity contribution in [1.82, 2.24) is 14.9 Å². The summed E-state index contributed by atoms with van der Waals surface area (Å²) in [6, 6.07) is 10.6. The van der Waals surface area contributed by atoms with Crippen molar-refractivity contribution in [2.24, 2.45) is 7.05 Å². The molecule has 3 aromatic rings. The number of carbonyl (C=O) groups is 2. The lowest BCUT2D eigenvalue weighted by atomic mass is 10.1. The number of aryl methyl sites for hydroxylation is 1. The highest BCUT2D eigenvalue weighted by Crippen LogP contribution is 2.38. The summed E-state index contributed by atoms with van der Waals surface area (Å²) in [5.74, 6) is -0.435. The number of thioether (sulfide) groups is 1. The number of carbonyl (C=O) groups excluding carboxylic acids is 2. The lowest BCUT2D eigenvalue weighted by Gasteiger charge is -2.25. The standard InChI is InChI=1S/C21H18ClFN4O2S/c1-27-8-7-24-20(27)19(12-3-2-4-14(23)9-12)26-18(28)11-17-21(29)25-15-10-13(22)5-6-16(15)30-17/h2-10,17,19H,11H2,1H3,(H,25,29)(H,26,28). The Labute approximate surface area is 181 Å². The molecule has 2 aromatic carbocycles. The minimum absolute atomic E-state index is 0.0329. The van der Waals surface area contributed by atoms with Crippen LogP contribution in [0.25, 0.3) is 0 Å².